The van der Waals surface area contributed by atoms with Gasteiger partial charge in [-0.25, -0.2) is 4.79 Å². The third-order valence-corrected chi connectivity index (χ3v) is 9.90. The van der Waals surface area contributed by atoms with E-state index in [4.69, 9.17) is 4.74 Å². The zero-order chi connectivity index (χ0) is 19.1. The molecule has 4 unspecified atom stereocenters. The van der Waals surface area contributed by atoms with Crippen molar-refractivity contribution in [3.8, 4) is 0 Å². The van der Waals surface area contributed by atoms with E-state index in [1.807, 2.05) is 6.08 Å². The summed E-state index contributed by atoms with van der Waals surface area (Å²) in [7, 11) is 0. The van der Waals surface area contributed by atoms with Crippen molar-refractivity contribution < 1.29 is 14.3 Å². The van der Waals surface area contributed by atoms with E-state index >= 15 is 0 Å². The van der Waals surface area contributed by atoms with E-state index in [-0.39, 0.29) is 17.0 Å². The molecule has 4 fully saturated rings. The fraction of sp³-hybridized carbons (Fsp3) is 0.760. The minimum absolute atomic E-state index is 0.131. The number of rotatable bonds is 2. The lowest BCUT2D eigenvalue weighted by Crippen LogP contribution is -2.55. The van der Waals surface area contributed by atoms with Crippen molar-refractivity contribution in [2.24, 2.45) is 40.9 Å². The van der Waals surface area contributed by atoms with Gasteiger partial charge in [-0.2, -0.15) is 0 Å². The lowest BCUT2D eigenvalue weighted by Gasteiger charge is -2.59. The largest absolute Gasteiger partial charge is 0.451 e. The number of esters is 1. The van der Waals surface area contributed by atoms with Crippen LogP contribution in [0.5, 0.6) is 0 Å². The third-order valence-electron chi connectivity index (χ3n) is 9.90. The number of hydrogen-bond acceptors (Lipinski definition) is 3. The lowest BCUT2D eigenvalue weighted by atomic mass is 9.46. The summed E-state index contributed by atoms with van der Waals surface area (Å²) in [6.07, 6.45) is 17.4. The smallest absolute Gasteiger partial charge is 0.331 e. The van der Waals surface area contributed by atoms with Crippen molar-refractivity contribution in [2.75, 3.05) is 0 Å². The fourth-order valence-electron chi connectivity index (χ4n) is 8.74. The summed E-state index contributed by atoms with van der Waals surface area (Å²) in [6.45, 7) is 2.33. The second kappa shape index (κ2) is 5.83. The van der Waals surface area contributed by atoms with Gasteiger partial charge in [-0.15, -0.1) is 0 Å². The lowest BCUT2D eigenvalue weighted by molar-refractivity contribution is -0.167. The fourth-order valence-corrected chi connectivity index (χ4v) is 8.74. The molecule has 0 radical (unpaired) electrons. The summed E-state index contributed by atoms with van der Waals surface area (Å²) < 4.78 is 6.08. The molecule has 6 rings (SSSR count). The third kappa shape index (κ3) is 2.17. The molecule has 0 saturated heterocycles. The molecule has 1 aliphatic heterocycles. The van der Waals surface area contributed by atoms with Crippen LogP contribution in [-0.2, 0) is 14.3 Å². The number of ether oxygens (including phenoxy) is 1. The molecule has 150 valence electrons. The van der Waals surface area contributed by atoms with E-state index in [2.05, 4.69) is 13.0 Å². The van der Waals surface area contributed by atoms with Gasteiger partial charge in [0.05, 0.1) is 0 Å². The first-order valence-corrected chi connectivity index (χ1v) is 11.7. The van der Waals surface area contributed by atoms with E-state index in [0.717, 1.165) is 49.4 Å². The van der Waals surface area contributed by atoms with Crippen molar-refractivity contribution in [1.29, 1.82) is 0 Å². The van der Waals surface area contributed by atoms with Gasteiger partial charge in [0, 0.05) is 17.9 Å². The molecule has 0 amide bonds. The van der Waals surface area contributed by atoms with Crippen LogP contribution in [0.2, 0.25) is 0 Å². The van der Waals surface area contributed by atoms with Crippen LogP contribution in [0.1, 0.15) is 71.1 Å². The Labute approximate surface area is 168 Å². The Hall–Kier alpha value is -1.38. The highest BCUT2D eigenvalue weighted by Gasteiger charge is 2.68. The van der Waals surface area contributed by atoms with Crippen LogP contribution in [0.15, 0.2) is 23.8 Å². The molecule has 0 aromatic carbocycles. The van der Waals surface area contributed by atoms with Gasteiger partial charge < -0.3 is 4.74 Å². The standard InChI is InChI=1S/C25H32O3/c1-2-24-10-7-19-18-6-5-17(26)13-16(18)14-20(15-3-4-15)23(19)21(24)8-11-25(24)12-9-22(27)28-25/h9,12-13,15,18-21,23H,2-8,10-11,14H2,1H3/t18-,19?,20?,21?,23?,24-,25+/m0/s1. The van der Waals surface area contributed by atoms with Crippen LogP contribution < -0.4 is 0 Å². The normalized spacial score (nSPS) is 49.5. The first kappa shape index (κ1) is 17.5. The number of carbonyl (C=O) groups is 2. The number of carbonyl (C=O) groups excluding carboxylic acids is 2. The quantitative estimate of drug-likeness (QED) is 0.633. The van der Waals surface area contributed by atoms with Crippen LogP contribution in [0.25, 0.3) is 0 Å². The molecule has 28 heavy (non-hydrogen) atoms. The van der Waals surface area contributed by atoms with Gasteiger partial charge in [-0.3, -0.25) is 4.79 Å². The molecule has 1 spiro atoms. The Morgan fingerprint density at radius 3 is 2.64 bits per heavy atom. The SMILES string of the molecule is CC[C@]12CCC3C(C(C4CC4)CC4=CC(=O)CC[C@@H]43)C1CC[C@@]21C=CC(=O)O1. The summed E-state index contributed by atoms with van der Waals surface area (Å²) >= 11 is 0. The molecule has 0 bridgehead atoms. The van der Waals surface area contributed by atoms with Gasteiger partial charge >= 0.3 is 5.97 Å². The van der Waals surface area contributed by atoms with Crippen LogP contribution in [0.4, 0.5) is 0 Å². The van der Waals surface area contributed by atoms with Gasteiger partial charge in [-0.1, -0.05) is 12.5 Å². The molecule has 5 aliphatic carbocycles. The predicted molar refractivity (Wildman–Crippen MR) is 106 cm³/mol. The summed E-state index contributed by atoms with van der Waals surface area (Å²) in [6, 6.07) is 0. The summed E-state index contributed by atoms with van der Waals surface area (Å²) in [5.74, 6) is 4.70. The highest BCUT2D eigenvalue weighted by atomic mass is 16.6. The number of fused-ring (bicyclic) bond motifs is 6. The van der Waals surface area contributed by atoms with E-state index < -0.39 is 0 Å². The van der Waals surface area contributed by atoms with Gasteiger partial charge in [-0.05, 0) is 105 Å². The Bertz CT molecular complexity index is 790. The molecule has 3 heteroatoms. The second-order valence-corrected chi connectivity index (χ2v) is 10.6. The van der Waals surface area contributed by atoms with E-state index in [9.17, 15) is 9.59 Å². The van der Waals surface area contributed by atoms with Crippen molar-refractivity contribution in [3.63, 3.8) is 0 Å². The Morgan fingerprint density at radius 2 is 1.93 bits per heavy atom. The van der Waals surface area contributed by atoms with Crippen molar-refractivity contribution in [3.05, 3.63) is 23.8 Å². The highest BCUT2D eigenvalue weighted by molar-refractivity contribution is 5.91. The molecule has 0 aromatic heterocycles. The zero-order valence-corrected chi connectivity index (χ0v) is 17.0. The first-order valence-electron chi connectivity index (χ1n) is 11.7. The van der Waals surface area contributed by atoms with E-state index in [0.29, 0.717) is 17.6 Å². The number of hydrogen-bond donors (Lipinski definition) is 0. The molecule has 3 nitrogen and oxygen atoms in total. The Kier molecular flexibility index (Phi) is 3.64. The minimum Gasteiger partial charge on any atom is -0.451 e. The Morgan fingerprint density at radius 1 is 1.07 bits per heavy atom. The zero-order valence-electron chi connectivity index (χ0n) is 17.0. The van der Waals surface area contributed by atoms with E-state index in [1.165, 1.54) is 44.1 Å². The average Bonchev–Trinajstić information content (AvgIpc) is 3.40. The number of allylic oxidation sites excluding steroid dienone is 1. The maximum absolute atomic E-state index is 12.1. The summed E-state index contributed by atoms with van der Waals surface area (Å²) in [5.41, 5.74) is 1.30. The van der Waals surface area contributed by atoms with Crippen LogP contribution >= 0.6 is 0 Å². The average molecular weight is 381 g/mol. The highest BCUT2D eigenvalue weighted by Crippen LogP contribution is 2.70. The van der Waals surface area contributed by atoms with Crippen LogP contribution in [0.3, 0.4) is 0 Å². The molecule has 6 aliphatic rings. The Balaban J connectivity index is 1.41. The maximum Gasteiger partial charge on any atom is 0.331 e. The molecule has 1 heterocycles. The van der Waals surface area contributed by atoms with Gasteiger partial charge in [0.25, 0.3) is 0 Å². The van der Waals surface area contributed by atoms with Crippen LogP contribution in [-0.4, -0.2) is 17.4 Å². The van der Waals surface area contributed by atoms with Crippen molar-refractivity contribution in [1.82, 2.24) is 0 Å². The minimum atomic E-state index is -0.332. The molecule has 0 N–H and O–H groups in total. The predicted octanol–water partition coefficient (Wildman–Crippen LogP) is 5.01. The van der Waals surface area contributed by atoms with Crippen molar-refractivity contribution in [2.45, 2.75) is 76.7 Å². The van der Waals surface area contributed by atoms with Crippen LogP contribution in [0, 0.1) is 40.9 Å². The molecule has 7 atom stereocenters. The second-order valence-electron chi connectivity index (χ2n) is 10.6. The monoisotopic (exact) mass is 380 g/mol. The molecular formula is C25H32O3. The van der Waals surface area contributed by atoms with Gasteiger partial charge in [0.15, 0.2) is 5.78 Å². The molecular weight excluding hydrogens is 348 g/mol. The molecule has 0 aromatic rings. The summed E-state index contributed by atoms with van der Waals surface area (Å²) in [4.78, 5) is 24.2. The van der Waals surface area contributed by atoms with E-state index in [1.54, 1.807) is 6.08 Å². The maximum atomic E-state index is 12.1. The van der Waals surface area contributed by atoms with Gasteiger partial charge in [0.2, 0.25) is 0 Å². The molecule has 4 saturated carbocycles. The van der Waals surface area contributed by atoms with Gasteiger partial charge in [0.1, 0.15) is 5.60 Å². The topological polar surface area (TPSA) is 43.4 Å². The summed E-state index contributed by atoms with van der Waals surface area (Å²) in [5, 5.41) is 0. The van der Waals surface area contributed by atoms with Crippen molar-refractivity contribution >= 4 is 11.8 Å². The first-order chi connectivity index (χ1) is 13.6. The number of ketones is 1.